The Morgan fingerprint density at radius 1 is 0.929 bits per heavy atom. The fourth-order valence-corrected chi connectivity index (χ4v) is 3.70. The Labute approximate surface area is 163 Å². The van der Waals surface area contributed by atoms with Gasteiger partial charge in [-0.05, 0) is 60.5 Å². The van der Waals surface area contributed by atoms with Crippen molar-refractivity contribution in [3.63, 3.8) is 0 Å². The molecule has 1 aliphatic heterocycles. The SMILES string of the molecule is NC(=O)C1CC(c2ccccc2)CN1c1ccc(Oc2ccc(F)cc2)cc1. The van der Waals surface area contributed by atoms with Crippen LogP contribution in [0, 0.1) is 5.82 Å². The largest absolute Gasteiger partial charge is 0.457 e. The summed E-state index contributed by atoms with van der Waals surface area (Å²) in [6.45, 7) is 0.732. The van der Waals surface area contributed by atoms with E-state index < -0.39 is 0 Å². The number of carbonyl (C=O) groups excluding carboxylic acids is 1. The van der Waals surface area contributed by atoms with Gasteiger partial charge in [-0.25, -0.2) is 4.39 Å². The van der Waals surface area contributed by atoms with Gasteiger partial charge in [-0.1, -0.05) is 30.3 Å². The van der Waals surface area contributed by atoms with Crippen molar-refractivity contribution in [1.29, 1.82) is 0 Å². The molecule has 2 N–H and O–H groups in total. The van der Waals surface area contributed by atoms with Crippen LogP contribution in [0.3, 0.4) is 0 Å². The van der Waals surface area contributed by atoms with E-state index in [9.17, 15) is 9.18 Å². The predicted molar refractivity (Wildman–Crippen MR) is 107 cm³/mol. The van der Waals surface area contributed by atoms with E-state index in [4.69, 9.17) is 10.5 Å². The number of hydrogen-bond donors (Lipinski definition) is 1. The van der Waals surface area contributed by atoms with Gasteiger partial charge in [-0.2, -0.15) is 0 Å². The maximum absolute atomic E-state index is 13.0. The molecule has 2 atom stereocenters. The molecule has 3 aromatic rings. The van der Waals surface area contributed by atoms with Crippen molar-refractivity contribution in [2.45, 2.75) is 18.4 Å². The summed E-state index contributed by atoms with van der Waals surface area (Å²) in [4.78, 5) is 14.1. The highest BCUT2D eigenvalue weighted by molar-refractivity contribution is 5.84. The molecular formula is C23H21FN2O2. The zero-order valence-electron chi connectivity index (χ0n) is 15.3. The van der Waals surface area contributed by atoms with Crippen LogP contribution in [0.25, 0.3) is 0 Å². The third-order valence-electron chi connectivity index (χ3n) is 5.12. The second kappa shape index (κ2) is 7.72. The van der Waals surface area contributed by atoms with Gasteiger partial charge in [-0.15, -0.1) is 0 Å². The molecule has 5 heteroatoms. The molecule has 0 saturated carbocycles. The number of anilines is 1. The Bertz CT molecular complexity index is 943. The molecule has 4 rings (SSSR count). The van der Waals surface area contributed by atoms with Crippen LogP contribution in [0.5, 0.6) is 11.5 Å². The number of ether oxygens (including phenoxy) is 1. The van der Waals surface area contributed by atoms with Crippen molar-refractivity contribution in [2.24, 2.45) is 5.73 Å². The molecule has 28 heavy (non-hydrogen) atoms. The van der Waals surface area contributed by atoms with Crippen molar-refractivity contribution >= 4 is 11.6 Å². The fraction of sp³-hybridized carbons (Fsp3) is 0.174. The quantitative estimate of drug-likeness (QED) is 0.715. The minimum Gasteiger partial charge on any atom is -0.457 e. The zero-order chi connectivity index (χ0) is 19.5. The van der Waals surface area contributed by atoms with Crippen molar-refractivity contribution in [2.75, 3.05) is 11.4 Å². The standard InChI is InChI=1S/C23H21FN2O2/c24-18-6-10-20(11-7-18)28-21-12-8-19(9-13-21)26-15-17(14-22(26)23(25)27)16-4-2-1-3-5-16/h1-13,17,22H,14-15H2,(H2,25,27). The average Bonchev–Trinajstić information content (AvgIpc) is 3.17. The van der Waals surface area contributed by atoms with Gasteiger partial charge in [0, 0.05) is 18.2 Å². The Hall–Kier alpha value is -3.34. The Morgan fingerprint density at radius 2 is 1.54 bits per heavy atom. The summed E-state index contributed by atoms with van der Waals surface area (Å²) in [6, 6.07) is 23.2. The molecule has 1 amide bonds. The number of nitrogens with zero attached hydrogens (tertiary/aromatic N) is 1. The Balaban J connectivity index is 1.52. The first kappa shape index (κ1) is 18.0. The number of halogens is 1. The highest BCUT2D eigenvalue weighted by Crippen LogP contribution is 2.36. The van der Waals surface area contributed by atoms with E-state index in [-0.39, 0.29) is 23.7 Å². The molecule has 1 fully saturated rings. The first-order valence-electron chi connectivity index (χ1n) is 9.24. The first-order chi connectivity index (χ1) is 13.6. The van der Waals surface area contributed by atoms with E-state index in [1.807, 2.05) is 42.5 Å². The van der Waals surface area contributed by atoms with Crippen molar-refractivity contribution in [1.82, 2.24) is 0 Å². The zero-order valence-corrected chi connectivity index (χ0v) is 15.3. The summed E-state index contributed by atoms with van der Waals surface area (Å²) in [5.41, 5.74) is 7.81. The second-order valence-electron chi connectivity index (χ2n) is 6.96. The molecule has 0 aliphatic carbocycles. The van der Waals surface area contributed by atoms with Gasteiger partial charge in [0.25, 0.3) is 0 Å². The topological polar surface area (TPSA) is 55.6 Å². The lowest BCUT2D eigenvalue weighted by atomic mass is 9.96. The number of rotatable bonds is 5. The minimum atomic E-state index is -0.339. The summed E-state index contributed by atoms with van der Waals surface area (Å²) in [6.07, 6.45) is 0.702. The van der Waals surface area contributed by atoms with Crippen LogP contribution in [0.1, 0.15) is 17.9 Å². The molecule has 1 saturated heterocycles. The normalized spacial score (nSPS) is 18.8. The van der Waals surface area contributed by atoms with Crippen LogP contribution >= 0.6 is 0 Å². The maximum Gasteiger partial charge on any atom is 0.240 e. The van der Waals surface area contributed by atoms with Gasteiger partial charge in [0.05, 0.1) is 0 Å². The number of amides is 1. The summed E-state index contributed by atoms with van der Waals surface area (Å²) in [7, 11) is 0. The molecule has 0 bridgehead atoms. The summed E-state index contributed by atoms with van der Waals surface area (Å²) < 4.78 is 18.7. The molecule has 3 aromatic carbocycles. The van der Waals surface area contributed by atoms with Gasteiger partial charge in [0.2, 0.25) is 5.91 Å². The molecule has 0 radical (unpaired) electrons. The van der Waals surface area contributed by atoms with E-state index in [0.717, 1.165) is 12.2 Å². The third kappa shape index (κ3) is 3.83. The number of carbonyl (C=O) groups is 1. The lowest BCUT2D eigenvalue weighted by Gasteiger charge is -2.24. The average molecular weight is 376 g/mol. The smallest absolute Gasteiger partial charge is 0.240 e. The number of hydrogen-bond acceptors (Lipinski definition) is 3. The summed E-state index contributed by atoms with van der Waals surface area (Å²) >= 11 is 0. The second-order valence-corrected chi connectivity index (χ2v) is 6.96. The molecule has 1 aliphatic rings. The molecule has 4 nitrogen and oxygen atoms in total. The molecule has 142 valence electrons. The maximum atomic E-state index is 13.0. The van der Waals surface area contributed by atoms with Gasteiger partial charge in [0.15, 0.2) is 0 Å². The molecule has 2 unspecified atom stereocenters. The predicted octanol–water partition coefficient (Wildman–Crippen LogP) is 4.47. The van der Waals surface area contributed by atoms with Crippen molar-refractivity contribution < 1.29 is 13.9 Å². The van der Waals surface area contributed by atoms with Gasteiger partial charge < -0.3 is 15.4 Å². The highest BCUT2D eigenvalue weighted by Gasteiger charge is 2.36. The monoisotopic (exact) mass is 376 g/mol. The summed E-state index contributed by atoms with van der Waals surface area (Å²) in [5, 5.41) is 0. The Morgan fingerprint density at radius 3 is 2.14 bits per heavy atom. The van der Waals surface area contributed by atoms with Crippen LogP contribution in [-0.4, -0.2) is 18.5 Å². The fourth-order valence-electron chi connectivity index (χ4n) is 3.70. The highest BCUT2D eigenvalue weighted by atomic mass is 19.1. The number of benzene rings is 3. The lowest BCUT2D eigenvalue weighted by Crippen LogP contribution is -2.40. The van der Waals surface area contributed by atoms with Crippen LogP contribution in [-0.2, 0) is 4.79 Å². The van der Waals surface area contributed by atoms with Gasteiger partial charge in [-0.3, -0.25) is 4.79 Å². The number of nitrogens with two attached hydrogens (primary N) is 1. The van der Waals surface area contributed by atoms with E-state index in [1.54, 1.807) is 12.1 Å². The van der Waals surface area contributed by atoms with Gasteiger partial charge in [0.1, 0.15) is 23.4 Å². The van der Waals surface area contributed by atoms with Crippen LogP contribution in [0.15, 0.2) is 78.9 Å². The number of primary amides is 1. The van der Waals surface area contributed by atoms with E-state index in [1.165, 1.54) is 17.7 Å². The van der Waals surface area contributed by atoms with E-state index >= 15 is 0 Å². The Kier molecular flexibility index (Phi) is 4.98. The van der Waals surface area contributed by atoms with Crippen LogP contribution in [0.2, 0.25) is 0 Å². The first-order valence-corrected chi connectivity index (χ1v) is 9.24. The van der Waals surface area contributed by atoms with E-state index in [0.29, 0.717) is 17.9 Å². The summed E-state index contributed by atoms with van der Waals surface area (Å²) in [5.74, 6) is 0.848. The third-order valence-corrected chi connectivity index (χ3v) is 5.12. The molecule has 0 spiro atoms. The van der Waals surface area contributed by atoms with E-state index in [2.05, 4.69) is 17.0 Å². The van der Waals surface area contributed by atoms with Gasteiger partial charge >= 0.3 is 0 Å². The van der Waals surface area contributed by atoms with Crippen molar-refractivity contribution in [3.8, 4) is 11.5 Å². The molecular weight excluding hydrogens is 355 g/mol. The molecule has 0 aromatic heterocycles. The van der Waals surface area contributed by atoms with Crippen LogP contribution in [0.4, 0.5) is 10.1 Å². The minimum absolute atomic E-state index is 0.258. The lowest BCUT2D eigenvalue weighted by molar-refractivity contribution is -0.119. The molecule has 1 heterocycles. The van der Waals surface area contributed by atoms with Crippen molar-refractivity contribution in [3.05, 3.63) is 90.2 Å². The van der Waals surface area contributed by atoms with Crippen LogP contribution < -0.4 is 15.4 Å².